The molecule has 0 aliphatic carbocycles. The molecule has 0 atom stereocenters. The van der Waals surface area contributed by atoms with Gasteiger partial charge in [-0.2, -0.15) is 0 Å². The number of rotatable bonds is 2. The summed E-state index contributed by atoms with van der Waals surface area (Å²) in [7, 11) is 0. The molecule has 1 aromatic rings. The standard InChI is InChI=1S/C9H8O2.Ca.2H/c10-9(11)7-6-8-4-2-1-3-5-8;;;/h1-7H,(H,10,11);;;/b7-6+;;;. The number of carboxylic acids is 1. The molecule has 0 aliphatic rings. The average Bonchev–Trinajstić information content (AvgIpc) is 2.03. The van der Waals surface area contributed by atoms with Crippen molar-refractivity contribution < 1.29 is 9.90 Å². The number of hydrogen-bond acceptors (Lipinski definition) is 1. The summed E-state index contributed by atoms with van der Waals surface area (Å²) in [6.07, 6.45) is 2.68. The third-order valence-electron chi connectivity index (χ3n) is 1.22. The number of carbonyl (C=O) groups is 1. The minimum atomic E-state index is -0.922. The molecule has 2 nitrogen and oxygen atoms in total. The monoisotopic (exact) mass is 190 g/mol. The van der Waals surface area contributed by atoms with Crippen LogP contribution in [0.1, 0.15) is 5.56 Å². The summed E-state index contributed by atoms with van der Waals surface area (Å²) in [6.45, 7) is 0. The molecule has 60 valence electrons. The number of carboxylic acid groups (broad SMARTS) is 1. The first-order valence-corrected chi connectivity index (χ1v) is 3.25. The number of aliphatic carboxylic acids is 1. The third kappa shape index (κ3) is 4.54. The average molecular weight is 190 g/mol. The molecule has 0 heterocycles. The minimum absolute atomic E-state index is 0. The second kappa shape index (κ2) is 6.23. The van der Waals surface area contributed by atoms with Crippen molar-refractivity contribution in [1.29, 1.82) is 0 Å². The molecule has 3 heteroatoms. The van der Waals surface area contributed by atoms with Gasteiger partial charge in [0, 0.05) is 6.08 Å². The third-order valence-corrected chi connectivity index (χ3v) is 1.22. The zero-order valence-electron chi connectivity index (χ0n) is 5.90. The molecular formula is C9H10CaO2. The van der Waals surface area contributed by atoms with E-state index < -0.39 is 5.97 Å². The van der Waals surface area contributed by atoms with Crippen molar-refractivity contribution >= 4 is 49.8 Å². The fourth-order valence-electron chi connectivity index (χ4n) is 0.732. The summed E-state index contributed by atoms with van der Waals surface area (Å²) in [5.41, 5.74) is 0.898. The van der Waals surface area contributed by atoms with E-state index in [0.29, 0.717) is 0 Å². The Morgan fingerprint density at radius 3 is 2.33 bits per heavy atom. The van der Waals surface area contributed by atoms with Crippen molar-refractivity contribution in [3.8, 4) is 0 Å². The summed E-state index contributed by atoms with van der Waals surface area (Å²) in [5, 5.41) is 8.29. The van der Waals surface area contributed by atoms with E-state index in [9.17, 15) is 4.79 Å². The molecule has 12 heavy (non-hydrogen) atoms. The summed E-state index contributed by atoms with van der Waals surface area (Å²) < 4.78 is 0. The van der Waals surface area contributed by atoms with Crippen molar-refractivity contribution in [2.75, 3.05) is 0 Å². The van der Waals surface area contributed by atoms with Crippen LogP contribution in [0.25, 0.3) is 6.08 Å². The van der Waals surface area contributed by atoms with Crippen molar-refractivity contribution in [3.05, 3.63) is 42.0 Å². The molecule has 0 saturated carbocycles. The van der Waals surface area contributed by atoms with Gasteiger partial charge in [0.2, 0.25) is 0 Å². The van der Waals surface area contributed by atoms with E-state index >= 15 is 0 Å². The van der Waals surface area contributed by atoms with Crippen LogP contribution in [0, 0.1) is 0 Å². The van der Waals surface area contributed by atoms with Gasteiger partial charge in [-0.25, -0.2) is 4.79 Å². The van der Waals surface area contributed by atoms with Crippen LogP contribution in [-0.4, -0.2) is 48.8 Å². The Morgan fingerprint density at radius 1 is 1.25 bits per heavy atom. The van der Waals surface area contributed by atoms with Crippen LogP contribution in [0.15, 0.2) is 36.4 Å². The molecule has 1 aromatic carbocycles. The van der Waals surface area contributed by atoms with Gasteiger partial charge in [0.1, 0.15) is 0 Å². The molecule has 0 aliphatic heterocycles. The predicted molar refractivity (Wildman–Crippen MR) is 51.7 cm³/mol. The Morgan fingerprint density at radius 2 is 1.83 bits per heavy atom. The summed E-state index contributed by atoms with van der Waals surface area (Å²) in [4.78, 5) is 10.1. The van der Waals surface area contributed by atoms with Crippen molar-refractivity contribution in [2.45, 2.75) is 0 Å². The van der Waals surface area contributed by atoms with Gasteiger partial charge >= 0.3 is 43.7 Å². The van der Waals surface area contributed by atoms with E-state index in [4.69, 9.17) is 5.11 Å². The number of benzene rings is 1. The molecule has 0 amide bonds. The first kappa shape index (κ1) is 11.7. The Balaban J connectivity index is 0.00000121. The Bertz CT molecular complexity index is 267. The van der Waals surface area contributed by atoms with Gasteiger partial charge in [0.05, 0.1) is 0 Å². The predicted octanol–water partition coefficient (Wildman–Crippen LogP) is 0.868. The van der Waals surface area contributed by atoms with Crippen LogP contribution >= 0.6 is 0 Å². The van der Waals surface area contributed by atoms with E-state index in [2.05, 4.69) is 0 Å². The van der Waals surface area contributed by atoms with Gasteiger partial charge < -0.3 is 5.11 Å². The van der Waals surface area contributed by atoms with Crippen molar-refractivity contribution in [3.63, 3.8) is 0 Å². The molecule has 0 bridgehead atoms. The molecule has 1 rings (SSSR count). The topological polar surface area (TPSA) is 37.3 Å². The van der Waals surface area contributed by atoms with Gasteiger partial charge in [0.25, 0.3) is 0 Å². The van der Waals surface area contributed by atoms with Gasteiger partial charge in [-0.1, -0.05) is 30.3 Å². The van der Waals surface area contributed by atoms with E-state index in [1.807, 2.05) is 30.3 Å². The quantitative estimate of drug-likeness (QED) is 0.555. The molecule has 0 radical (unpaired) electrons. The second-order valence-corrected chi connectivity index (χ2v) is 2.08. The number of hydrogen-bond donors (Lipinski definition) is 1. The fourth-order valence-corrected chi connectivity index (χ4v) is 0.732. The molecule has 0 aromatic heterocycles. The molecule has 0 unspecified atom stereocenters. The SMILES string of the molecule is O=C(O)/C=C/c1ccccc1.[CaH2]. The second-order valence-electron chi connectivity index (χ2n) is 2.08. The van der Waals surface area contributed by atoms with Gasteiger partial charge in [0.15, 0.2) is 0 Å². The van der Waals surface area contributed by atoms with E-state index in [1.165, 1.54) is 0 Å². The zero-order chi connectivity index (χ0) is 8.10. The molecule has 0 spiro atoms. The van der Waals surface area contributed by atoms with Crippen molar-refractivity contribution in [2.24, 2.45) is 0 Å². The Hall–Kier alpha value is -0.310. The van der Waals surface area contributed by atoms with E-state index in [1.54, 1.807) is 6.08 Å². The molecule has 0 fully saturated rings. The van der Waals surface area contributed by atoms with Gasteiger partial charge in [-0.05, 0) is 11.6 Å². The summed E-state index contributed by atoms with van der Waals surface area (Å²) >= 11 is 0. The van der Waals surface area contributed by atoms with Crippen LogP contribution in [-0.2, 0) is 4.79 Å². The molecule has 1 N–H and O–H groups in total. The summed E-state index contributed by atoms with van der Waals surface area (Å²) in [5.74, 6) is -0.922. The first-order chi connectivity index (χ1) is 5.29. The van der Waals surface area contributed by atoms with Crippen molar-refractivity contribution in [1.82, 2.24) is 0 Å². The van der Waals surface area contributed by atoms with Crippen LogP contribution in [0.4, 0.5) is 0 Å². The van der Waals surface area contributed by atoms with E-state index in [-0.39, 0.29) is 37.7 Å². The van der Waals surface area contributed by atoms with Crippen LogP contribution < -0.4 is 0 Å². The van der Waals surface area contributed by atoms with Gasteiger partial charge in [-0.3, -0.25) is 0 Å². The maximum absolute atomic E-state index is 10.1. The van der Waals surface area contributed by atoms with E-state index in [0.717, 1.165) is 11.6 Å². The maximum atomic E-state index is 10.1. The Kier molecular flexibility index (Phi) is 6.07. The molecule has 0 saturated heterocycles. The van der Waals surface area contributed by atoms with Crippen LogP contribution in [0.5, 0.6) is 0 Å². The molecular weight excluding hydrogens is 180 g/mol. The fraction of sp³-hybridized carbons (Fsp3) is 0. The summed E-state index contributed by atoms with van der Waals surface area (Å²) in [6, 6.07) is 9.31. The normalized spacial score (nSPS) is 9.33. The Labute approximate surface area is 101 Å². The van der Waals surface area contributed by atoms with Crippen LogP contribution in [0.2, 0.25) is 0 Å². The first-order valence-electron chi connectivity index (χ1n) is 3.25. The van der Waals surface area contributed by atoms with Crippen LogP contribution in [0.3, 0.4) is 0 Å². The zero-order valence-corrected chi connectivity index (χ0v) is 5.90. The van der Waals surface area contributed by atoms with Gasteiger partial charge in [-0.15, -0.1) is 0 Å².